The largest absolute Gasteiger partial charge is 0.494 e. The van der Waals surface area contributed by atoms with Gasteiger partial charge in [-0.25, -0.2) is 0 Å². The van der Waals surface area contributed by atoms with Crippen LogP contribution < -0.4 is 4.74 Å². The molecule has 1 aromatic carbocycles. The van der Waals surface area contributed by atoms with Crippen molar-refractivity contribution >= 4 is 5.97 Å². The molecule has 3 aliphatic rings. The molecule has 0 unspecified atom stereocenters. The van der Waals surface area contributed by atoms with Crippen LogP contribution in [0.3, 0.4) is 0 Å². The lowest BCUT2D eigenvalue weighted by Crippen LogP contribution is -2.25. The molecule has 2 saturated carbocycles. The molecule has 1 aromatic rings. The predicted octanol–water partition coefficient (Wildman–Crippen LogP) is 2.63. The van der Waals surface area contributed by atoms with E-state index in [1.54, 1.807) is 0 Å². The number of hydrogen-bond donors (Lipinski definition) is 0. The van der Waals surface area contributed by atoms with Gasteiger partial charge in [-0.05, 0) is 49.9 Å². The van der Waals surface area contributed by atoms with Crippen molar-refractivity contribution in [2.24, 2.45) is 23.7 Å². The Morgan fingerprint density at radius 3 is 2.86 bits per heavy atom. The summed E-state index contributed by atoms with van der Waals surface area (Å²) >= 11 is 0. The Hall–Kier alpha value is -1.95. The molecule has 0 radical (unpaired) electrons. The van der Waals surface area contributed by atoms with Crippen molar-refractivity contribution in [1.82, 2.24) is 0 Å². The number of benzene rings is 1. The van der Waals surface area contributed by atoms with Crippen LogP contribution in [-0.2, 0) is 9.53 Å². The van der Waals surface area contributed by atoms with E-state index in [0.717, 1.165) is 24.2 Å². The van der Waals surface area contributed by atoms with E-state index in [4.69, 9.17) is 9.47 Å². The maximum atomic E-state index is 11.7. The van der Waals surface area contributed by atoms with E-state index in [1.165, 1.54) is 0 Å². The van der Waals surface area contributed by atoms with Crippen molar-refractivity contribution < 1.29 is 14.3 Å². The minimum Gasteiger partial charge on any atom is -0.494 e. The van der Waals surface area contributed by atoms with Gasteiger partial charge in [0.15, 0.2) is 0 Å². The molecule has 1 heterocycles. The highest BCUT2D eigenvalue weighted by molar-refractivity contribution is 5.76. The minimum atomic E-state index is 0.0119. The lowest BCUT2D eigenvalue weighted by Gasteiger charge is -2.20. The summed E-state index contributed by atoms with van der Waals surface area (Å²) in [5.74, 6) is 8.86. The molecule has 5 atom stereocenters. The first kappa shape index (κ1) is 12.8. The first-order valence-corrected chi connectivity index (χ1v) is 7.71. The molecule has 1 aliphatic heterocycles. The summed E-state index contributed by atoms with van der Waals surface area (Å²) in [4.78, 5) is 11.7. The van der Waals surface area contributed by atoms with E-state index < -0.39 is 0 Å². The van der Waals surface area contributed by atoms with Crippen LogP contribution in [0, 0.1) is 35.5 Å². The van der Waals surface area contributed by atoms with Gasteiger partial charge in [-0.2, -0.15) is 0 Å². The van der Waals surface area contributed by atoms with Gasteiger partial charge in [0.2, 0.25) is 0 Å². The van der Waals surface area contributed by atoms with Crippen molar-refractivity contribution in [2.45, 2.75) is 25.9 Å². The maximum Gasteiger partial charge on any atom is 0.309 e. The number of rotatable bonds is 2. The molecule has 4 rings (SSSR count). The van der Waals surface area contributed by atoms with Crippen LogP contribution >= 0.6 is 0 Å². The van der Waals surface area contributed by atoms with Gasteiger partial charge in [0.25, 0.3) is 0 Å². The van der Waals surface area contributed by atoms with Crippen LogP contribution in [0.4, 0.5) is 0 Å². The molecule has 108 valence electrons. The molecule has 2 bridgehead atoms. The monoisotopic (exact) mass is 282 g/mol. The van der Waals surface area contributed by atoms with Crippen LogP contribution in [-0.4, -0.2) is 18.7 Å². The van der Waals surface area contributed by atoms with Gasteiger partial charge < -0.3 is 9.47 Å². The Morgan fingerprint density at radius 2 is 2.10 bits per heavy atom. The van der Waals surface area contributed by atoms with Crippen LogP contribution in [0.15, 0.2) is 24.3 Å². The molecule has 3 heteroatoms. The molecule has 0 aromatic heterocycles. The SMILES string of the molecule is CCOc1ccc(C#C[C@@H]2[C@@H]3C[C@@H]4[C@H]2OC(=O)[C@@H]4C3)cc1. The third kappa shape index (κ3) is 2.01. The maximum absolute atomic E-state index is 11.7. The Labute approximate surface area is 124 Å². The normalized spacial score (nSPS) is 35.3. The van der Waals surface area contributed by atoms with Crippen molar-refractivity contribution in [3.8, 4) is 17.6 Å². The molecule has 3 nitrogen and oxygen atoms in total. The van der Waals surface area contributed by atoms with E-state index in [-0.39, 0.29) is 23.9 Å². The minimum absolute atomic E-state index is 0.0119. The van der Waals surface area contributed by atoms with Crippen LogP contribution in [0.25, 0.3) is 0 Å². The van der Waals surface area contributed by atoms with Crippen molar-refractivity contribution in [1.29, 1.82) is 0 Å². The third-order valence-corrected chi connectivity index (χ3v) is 5.04. The second-order valence-corrected chi connectivity index (χ2v) is 6.16. The number of carbonyl (C=O) groups is 1. The lowest BCUT2D eigenvalue weighted by atomic mass is 9.82. The zero-order valence-electron chi connectivity index (χ0n) is 12.0. The Morgan fingerprint density at radius 1 is 1.29 bits per heavy atom. The Balaban J connectivity index is 1.51. The smallest absolute Gasteiger partial charge is 0.309 e. The summed E-state index contributed by atoms with van der Waals surface area (Å²) in [6.07, 6.45) is 2.14. The summed E-state index contributed by atoms with van der Waals surface area (Å²) in [6, 6.07) is 7.85. The highest BCUT2D eigenvalue weighted by atomic mass is 16.6. The molecular weight excluding hydrogens is 264 g/mol. The Kier molecular flexibility index (Phi) is 2.92. The molecule has 2 aliphatic carbocycles. The highest BCUT2D eigenvalue weighted by Crippen LogP contribution is 2.57. The van der Waals surface area contributed by atoms with E-state index in [2.05, 4.69) is 11.8 Å². The van der Waals surface area contributed by atoms with Gasteiger partial charge in [0.1, 0.15) is 11.9 Å². The van der Waals surface area contributed by atoms with Crippen molar-refractivity contribution in [3.05, 3.63) is 29.8 Å². The first-order valence-electron chi connectivity index (χ1n) is 7.71. The predicted molar refractivity (Wildman–Crippen MR) is 77.6 cm³/mol. The van der Waals surface area contributed by atoms with Gasteiger partial charge in [0, 0.05) is 11.5 Å². The molecule has 21 heavy (non-hydrogen) atoms. The van der Waals surface area contributed by atoms with Gasteiger partial charge >= 0.3 is 5.97 Å². The van der Waals surface area contributed by atoms with E-state index in [9.17, 15) is 4.79 Å². The third-order valence-electron chi connectivity index (χ3n) is 5.04. The molecule has 1 saturated heterocycles. The Bertz CT molecular complexity index is 622. The zero-order chi connectivity index (χ0) is 14.4. The quantitative estimate of drug-likeness (QED) is 0.618. The molecular formula is C18H18O3. The average molecular weight is 282 g/mol. The van der Waals surface area contributed by atoms with E-state index in [1.807, 2.05) is 31.2 Å². The zero-order valence-corrected chi connectivity index (χ0v) is 12.0. The second kappa shape index (κ2) is 4.80. The fourth-order valence-corrected chi connectivity index (χ4v) is 4.12. The highest BCUT2D eigenvalue weighted by Gasteiger charge is 2.61. The summed E-state index contributed by atoms with van der Waals surface area (Å²) in [5.41, 5.74) is 0.988. The van der Waals surface area contributed by atoms with Gasteiger partial charge in [-0.15, -0.1) is 0 Å². The number of esters is 1. The van der Waals surface area contributed by atoms with Crippen LogP contribution in [0.5, 0.6) is 5.75 Å². The molecule has 0 spiro atoms. The molecule has 3 fully saturated rings. The van der Waals surface area contributed by atoms with Crippen LogP contribution in [0.1, 0.15) is 25.3 Å². The fourth-order valence-electron chi connectivity index (χ4n) is 4.12. The number of carbonyl (C=O) groups excluding carboxylic acids is 1. The molecule has 0 amide bonds. The van der Waals surface area contributed by atoms with E-state index >= 15 is 0 Å². The first-order chi connectivity index (χ1) is 10.3. The lowest BCUT2D eigenvalue weighted by molar-refractivity contribution is -0.143. The number of ether oxygens (including phenoxy) is 2. The standard InChI is InChI=1S/C18H18O3/c1-2-20-13-6-3-11(4-7-13)5-8-14-12-9-15-16(10-12)18(19)21-17(14)15/h3-4,6-7,12,14-17H,2,9-10H2,1H3/t12-,14-,15+,16-,17+/m1/s1. The number of hydrogen-bond acceptors (Lipinski definition) is 3. The summed E-state index contributed by atoms with van der Waals surface area (Å²) < 4.78 is 11.0. The average Bonchev–Trinajstić information content (AvgIpc) is 3.10. The summed E-state index contributed by atoms with van der Waals surface area (Å²) in [5, 5.41) is 0. The number of fused-ring (bicyclic) bond motifs is 1. The fraction of sp³-hybridized carbons (Fsp3) is 0.500. The second-order valence-electron chi connectivity index (χ2n) is 6.16. The molecule has 0 N–H and O–H groups in total. The van der Waals surface area contributed by atoms with Crippen LogP contribution in [0.2, 0.25) is 0 Å². The van der Waals surface area contributed by atoms with Crippen molar-refractivity contribution in [2.75, 3.05) is 6.61 Å². The van der Waals surface area contributed by atoms with Crippen molar-refractivity contribution in [3.63, 3.8) is 0 Å². The summed E-state index contributed by atoms with van der Waals surface area (Å²) in [6.45, 7) is 2.64. The topological polar surface area (TPSA) is 35.5 Å². The van der Waals surface area contributed by atoms with Gasteiger partial charge in [0.05, 0.1) is 18.4 Å². The van der Waals surface area contributed by atoms with E-state index in [0.29, 0.717) is 18.4 Å². The summed E-state index contributed by atoms with van der Waals surface area (Å²) in [7, 11) is 0. The van der Waals surface area contributed by atoms with Gasteiger partial charge in [-0.1, -0.05) is 11.8 Å². The van der Waals surface area contributed by atoms with Gasteiger partial charge in [-0.3, -0.25) is 4.79 Å².